The van der Waals surface area contributed by atoms with Gasteiger partial charge in [0.15, 0.2) is 4.80 Å². The van der Waals surface area contributed by atoms with Crippen LogP contribution in [0.25, 0.3) is 10.2 Å². The Morgan fingerprint density at radius 2 is 1.78 bits per heavy atom. The van der Waals surface area contributed by atoms with Gasteiger partial charge in [-0.2, -0.15) is 9.30 Å². The highest BCUT2D eigenvalue weighted by Gasteiger charge is 2.21. The van der Waals surface area contributed by atoms with Gasteiger partial charge in [-0.3, -0.25) is 4.79 Å². The average molecular weight is 476 g/mol. The Morgan fingerprint density at radius 3 is 2.38 bits per heavy atom. The lowest BCUT2D eigenvalue weighted by molar-refractivity contribution is 0.0997. The lowest BCUT2D eigenvalue weighted by Crippen LogP contribution is -2.30. The standard InChI is InChI=1S/C23H29N3O4S2/c1-6-25(7-2)32(28,29)19-10-8-18(9-11-19)22(27)24-23-26(12-13-30-5)21-17(4)14-16(3)15-20(21)31-23/h8-11,14-15H,6-7,12-13H2,1-5H3. The van der Waals surface area contributed by atoms with Crippen molar-refractivity contribution in [3.63, 3.8) is 0 Å². The molecule has 0 unspecified atom stereocenters. The van der Waals surface area contributed by atoms with Crippen LogP contribution in [0.15, 0.2) is 46.3 Å². The predicted octanol–water partition coefficient (Wildman–Crippen LogP) is 3.74. The Balaban J connectivity index is 2.02. The SMILES string of the molecule is CCN(CC)S(=O)(=O)c1ccc(C(=O)N=c2sc3cc(C)cc(C)c3n2CCOC)cc1. The molecule has 7 nitrogen and oxygen atoms in total. The number of hydrogen-bond acceptors (Lipinski definition) is 5. The van der Waals surface area contributed by atoms with Gasteiger partial charge >= 0.3 is 0 Å². The molecule has 0 spiro atoms. The molecule has 172 valence electrons. The molecule has 1 heterocycles. The first-order valence-corrected chi connectivity index (χ1v) is 12.8. The number of aryl methyl sites for hydroxylation is 2. The zero-order valence-corrected chi connectivity index (χ0v) is 20.7. The normalized spacial score (nSPS) is 12.8. The zero-order chi connectivity index (χ0) is 23.5. The molecule has 0 aliphatic carbocycles. The Bertz CT molecular complexity index is 1290. The van der Waals surface area contributed by atoms with E-state index in [1.165, 1.54) is 39.9 Å². The molecule has 3 aromatic rings. The van der Waals surface area contributed by atoms with Crippen molar-refractivity contribution in [2.24, 2.45) is 4.99 Å². The van der Waals surface area contributed by atoms with Gasteiger partial charge < -0.3 is 9.30 Å². The van der Waals surface area contributed by atoms with Crippen molar-refractivity contribution in [2.45, 2.75) is 39.1 Å². The van der Waals surface area contributed by atoms with Gasteiger partial charge in [0.05, 0.1) is 21.7 Å². The molecule has 0 radical (unpaired) electrons. The van der Waals surface area contributed by atoms with E-state index in [-0.39, 0.29) is 4.90 Å². The van der Waals surface area contributed by atoms with Crippen LogP contribution in [0.3, 0.4) is 0 Å². The van der Waals surface area contributed by atoms with Crippen molar-refractivity contribution in [1.82, 2.24) is 8.87 Å². The molecule has 9 heteroatoms. The molecule has 0 atom stereocenters. The van der Waals surface area contributed by atoms with Crippen LogP contribution in [0.2, 0.25) is 0 Å². The van der Waals surface area contributed by atoms with Crippen molar-refractivity contribution in [2.75, 3.05) is 26.8 Å². The topological polar surface area (TPSA) is 81.0 Å². The molecule has 1 aromatic heterocycles. The zero-order valence-electron chi connectivity index (χ0n) is 19.1. The van der Waals surface area contributed by atoms with Gasteiger partial charge in [0.1, 0.15) is 0 Å². The number of fused-ring (bicyclic) bond motifs is 1. The van der Waals surface area contributed by atoms with E-state index in [0.29, 0.717) is 36.6 Å². The summed E-state index contributed by atoms with van der Waals surface area (Å²) < 4.78 is 35.1. The molecular formula is C23H29N3O4S2. The van der Waals surface area contributed by atoms with Gasteiger partial charge in [-0.1, -0.05) is 31.3 Å². The predicted molar refractivity (Wildman–Crippen MR) is 128 cm³/mol. The Morgan fingerprint density at radius 1 is 1.12 bits per heavy atom. The highest BCUT2D eigenvalue weighted by Crippen LogP contribution is 2.23. The van der Waals surface area contributed by atoms with Gasteiger partial charge in [-0.05, 0) is 55.3 Å². The summed E-state index contributed by atoms with van der Waals surface area (Å²) in [5, 5.41) is 0. The summed E-state index contributed by atoms with van der Waals surface area (Å²) in [4.78, 5) is 18.0. The monoisotopic (exact) mass is 475 g/mol. The first kappa shape index (κ1) is 24.3. The van der Waals surface area contributed by atoms with E-state index < -0.39 is 15.9 Å². The second-order valence-corrected chi connectivity index (χ2v) is 10.4. The van der Waals surface area contributed by atoms with E-state index in [1.54, 1.807) is 21.0 Å². The molecule has 0 bridgehead atoms. The molecule has 0 aliphatic heterocycles. The third-order valence-electron chi connectivity index (χ3n) is 5.27. The summed E-state index contributed by atoms with van der Waals surface area (Å²) in [5.41, 5.74) is 3.65. The molecule has 1 amide bonds. The minimum absolute atomic E-state index is 0.167. The Hall–Kier alpha value is -2.33. The lowest BCUT2D eigenvalue weighted by Gasteiger charge is -2.18. The van der Waals surface area contributed by atoms with Gasteiger partial charge in [0, 0.05) is 32.3 Å². The van der Waals surface area contributed by atoms with Crippen LogP contribution in [0, 0.1) is 13.8 Å². The van der Waals surface area contributed by atoms with Gasteiger partial charge in [0.2, 0.25) is 10.0 Å². The van der Waals surface area contributed by atoms with Crippen molar-refractivity contribution >= 4 is 37.5 Å². The number of carbonyl (C=O) groups excluding carboxylic acids is 1. The number of carbonyl (C=O) groups is 1. The third kappa shape index (κ3) is 4.85. The number of ether oxygens (including phenoxy) is 1. The Kier molecular flexibility index (Phi) is 7.66. The fraction of sp³-hybridized carbons (Fsp3) is 0.391. The highest BCUT2D eigenvalue weighted by molar-refractivity contribution is 7.89. The van der Waals surface area contributed by atoms with Gasteiger partial charge in [-0.15, -0.1) is 0 Å². The molecule has 32 heavy (non-hydrogen) atoms. The van der Waals surface area contributed by atoms with E-state index in [1.807, 2.05) is 18.4 Å². The quantitative estimate of drug-likeness (QED) is 0.497. The van der Waals surface area contributed by atoms with Gasteiger partial charge in [-0.25, -0.2) is 8.42 Å². The van der Waals surface area contributed by atoms with Crippen LogP contribution in [-0.2, 0) is 21.3 Å². The van der Waals surface area contributed by atoms with E-state index in [9.17, 15) is 13.2 Å². The summed E-state index contributed by atoms with van der Waals surface area (Å²) in [6, 6.07) is 10.2. The number of methoxy groups -OCH3 is 1. The molecule has 0 saturated carbocycles. The van der Waals surface area contributed by atoms with E-state index >= 15 is 0 Å². The second kappa shape index (κ2) is 10.1. The van der Waals surface area contributed by atoms with Crippen LogP contribution in [0.4, 0.5) is 0 Å². The third-order valence-corrected chi connectivity index (χ3v) is 8.36. The van der Waals surface area contributed by atoms with E-state index in [0.717, 1.165) is 21.3 Å². The summed E-state index contributed by atoms with van der Waals surface area (Å²) in [6.45, 7) is 9.54. The van der Waals surface area contributed by atoms with Crippen LogP contribution in [-0.4, -0.2) is 50.0 Å². The summed E-state index contributed by atoms with van der Waals surface area (Å²) in [6.07, 6.45) is 0. The molecule has 0 aliphatic rings. The first-order valence-electron chi connectivity index (χ1n) is 10.5. The fourth-order valence-electron chi connectivity index (χ4n) is 3.70. The smallest absolute Gasteiger partial charge is 0.279 e. The summed E-state index contributed by atoms with van der Waals surface area (Å²) in [7, 11) is -1.93. The molecule has 0 saturated heterocycles. The summed E-state index contributed by atoms with van der Waals surface area (Å²) >= 11 is 1.46. The van der Waals surface area contributed by atoms with Crippen molar-refractivity contribution in [3.8, 4) is 0 Å². The first-order chi connectivity index (χ1) is 15.2. The van der Waals surface area contributed by atoms with Crippen LogP contribution in [0.1, 0.15) is 35.3 Å². The molecular weight excluding hydrogens is 446 g/mol. The minimum Gasteiger partial charge on any atom is -0.383 e. The molecule has 0 fully saturated rings. The minimum atomic E-state index is -3.57. The van der Waals surface area contributed by atoms with Crippen LogP contribution < -0.4 is 4.80 Å². The maximum Gasteiger partial charge on any atom is 0.279 e. The number of rotatable bonds is 8. The Labute approximate surface area is 193 Å². The largest absolute Gasteiger partial charge is 0.383 e. The maximum absolute atomic E-state index is 12.9. The fourth-order valence-corrected chi connectivity index (χ4v) is 6.39. The number of thiazole rings is 1. The maximum atomic E-state index is 12.9. The van der Waals surface area contributed by atoms with E-state index in [2.05, 4.69) is 17.1 Å². The second-order valence-electron chi connectivity index (χ2n) is 7.49. The number of aromatic nitrogens is 1. The van der Waals surface area contributed by atoms with Crippen molar-refractivity contribution < 1.29 is 17.9 Å². The highest BCUT2D eigenvalue weighted by atomic mass is 32.2. The number of sulfonamides is 1. The van der Waals surface area contributed by atoms with Crippen LogP contribution in [0.5, 0.6) is 0 Å². The van der Waals surface area contributed by atoms with Crippen LogP contribution >= 0.6 is 11.3 Å². The number of amides is 1. The van der Waals surface area contributed by atoms with E-state index in [4.69, 9.17) is 4.74 Å². The van der Waals surface area contributed by atoms with Crippen molar-refractivity contribution in [3.05, 3.63) is 57.9 Å². The molecule has 2 aromatic carbocycles. The van der Waals surface area contributed by atoms with Gasteiger partial charge in [0.25, 0.3) is 5.91 Å². The average Bonchev–Trinajstić information content (AvgIpc) is 3.09. The molecule has 0 N–H and O–H groups in total. The molecule has 3 rings (SSSR count). The number of hydrogen-bond donors (Lipinski definition) is 0. The number of benzene rings is 2. The lowest BCUT2D eigenvalue weighted by atomic mass is 10.1. The number of nitrogens with zero attached hydrogens (tertiary/aromatic N) is 3. The summed E-state index contributed by atoms with van der Waals surface area (Å²) in [5.74, 6) is -0.413. The van der Waals surface area contributed by atoms with Crippen molar-refractivity contribution in [1.29, 1.82) is 0 Å².